The molecule has 0 fully saturated rings. The van der Waals surface area contributed by atoms with Crippen molar-refractivity contribution in [2.24, 2.45) is 0 Å². The van der Waals surface area contributed by atoms with Crippen LogP contribution >= 0.6 is 0 Å². The maximum atomic E-state index is 15.1. The second kappa shape index (κ2) is 7.93. The molecule has 3 aromatic heterocycles. The largest absolute Gasteiger partial charge is 0.451 e. The van der Waals surface area contributed by atoms with E-state index in [1.807, 2.05) is 0 Å². The van der Waals surface area contributed by atoms with E-state index in [9.17, 15) is 13.2 Å². The van der Waals surface area contributed by atoms with Crippen molar-refractivity contribution in [2.45, 2.75) is 6.92 Å². The van der Waals surface area contributed by atoms with Gasteiger partial charge < -0.3 is 9.40 Å². The van der Waals surface area contributed by atoms with Gasteiger partial charge in [0.05, 0.1) is 11.3 Å². The van der Waals surface area contributed by atoms with E-state index < -0.39 is 21.8 Å². The molecule has 3 heterocycles. The molecule has 0 amide bonds. The van der Waals surface area contributed by atoms with Crippen LogP contribution < -0.4 is 4.72 Å². The Hall–Kier alpha value is -3.57. The van der Waals surface area contributed by atoms with Gasteiger partial charge in [-0.2, -0.15) is 12.7 Å². The molecule has 31 heavy (non-hydrogen) atoms. The van der Waals surface area contributed by atoms with Crippen LogP contribution in [0.3, 0.4) is 0 Å². The van der Waals surface area contributed by atoms with Gasteiger partial charge in [-0.1, -0.05) is 13.0 Å². The summed E-state index contributed by atoms with van der Waals surface area (Å²) in [5, 5.41) is 0.474. The Morgan fingerprint density at radius 3 is 2.81 bits per heavy atom. The summed E-state index contributed by atoms with van der Waals surface area (Å²) in [4.78, 5) is 24.4. The van der Waals surface area contributed by atoms with Gasteiger partial charge in [0.25, 0.3) is 0 Å². The molecule has 0 atom stereocenters. The fourth-order valence-corrected chi connectivity index (χ4v) is 3.94. The zero-order chi connectivity index (χ0) is 22.2. The Morgan fingerprint density at radius 1 is 1.29 bits per heavy atom. The Balaban J connectivity index is 1.74. The first kappa shape index (κ1) is 20.7. The molecule has 0 aliphatic heterocycles. The lowest BCUT2D eigenvalue weighted by molar-refractivity contribution is 0.103. The lowest BCUT2D eigenvalue weighted by Gasteiger charge is -2.17. The highest BCUT2D eigenvalue weighted by atomic mass is 32.2. The second-order valence-corrected chi connectivity index (χ2v) is 8.49. The number of pyridine rings is 1. The van der Waals surface area contributed by atoms with Crippen LogP contribution in [0.15, 0.2) is 53.7 Å². The van der Waals surface area contributed by atoms with E-state index in [1.165, 1.54) is 44.1 Å². The van der Waals surface area contributed by atoms with Gasteiger partial charge in [0, 0.05) is 42.5 Å². The number of halogens is 1. The summed E-state index contributed by atoms with van der Waals surface area (Å²) in [5.41, 5.74) is 1.21. The molecule has 0 unspecified atom stereocenters. The van der Waals surface area contributed by atoms with E-state index in [2.05, 4.69) is 19.7 Å². The first-order valence-electron chi connectivity index (χ1n) is 9.24. The normalized spacial score (nSPS) is 11.9. The Morgan fingerprint density at radius 2 is 2.10 bits per heavy atom. The first-order chi connectivity index (χ1) is 14.8. The molecule has 0 bridgehead atoms. The third-order valence-corrected chi connectivity index (χ3v) is 6.40. The topological polar surface area (TPSA) is 121 Å². The van der Waals surface area contributed by atoms with Crippen molar-refractivity contribution in [3.05, 3.63) is 66.3 Å². The zero-order valence-corrected chi connectivity index (χ0v) is 17.4. The number of rotatable bonds is 7. The highest BCUT2D eigenvalue weighted by Gasteiger charge is 2.23. The number of nitrogens with zero attached hydrogens (tertiary/aromatic N) is 3. The van der Waals surface area contributed by atoms with Crippen LogP contribution in [0.2, 0.25) is 0 Å². The van der Waals surface area contributed by atoms with Gasteiger partial charge in [0.2, 0.25) is 0 Å². The fourth-order valence-electron chi connectivity index (χ4n) is 3.00. The summed E-state index contributed by atoms with van der Waals surface area (Å²) in [7, 11) is -2.59. The van der Waals surface area contributed by atoms with E-state index in [0.717, 1.165) is 4.31 Å². The van der Waals surface area contributed by atoms with Crippen molar-refractivity contribution in [3.8, 4) is 11.3 Å². The number of hydrogen-bond acceptors (Lipinski definition) is 6. The summed E-state index contributed by atoms with van der Waals surface area (Å²) in [5.74, 6) is -1.58. The first-order valence-corrected chi connectivity index (χ1v) is 10.7. The lowest BCUT2D eigenvalue weighted by atomic mass is 10.0. The second-order valence-electron chi connectivity index (χ2n) is 6.71. The van der Waals surface area contributed by atoms with E-state index in [1.54, 1.807) is 19.2 Å². The van der Waals surface area contributed by atoms with Crippen LogP contribution in [0, 0.1) is 5.82 Å². The van der Waals surface area contributed by atoms with Crippen LogP contribution in [-0.2, 0) is 10.2 Å². The lowest BCUT2D eigenvalue weighted by Crippen LogP contribution is -2.32. The van der Waals surface area contributed by atoms with Crippen molar-refractivity contribution in [3.63, 3.8) is 0 Å². The molecular formula is C20H18FN5O4S. The predicted molar refractivity (Wildman–Crippen MR) is 112 cm³/mol. The summed E-state index contributed by atoms with van der Waals surface area (Å²) < 4.78 is 47.8. The SMILES string of the molecule is CCN(C)S(=O)(=O)Nc1cccc(C(=O)c2c[nH]c3ncc(-c4cocn4)cc23)c1F. The molecular weight excluding hydrogens is 425 g/mol. The number of aromatic nitrogens is 3. The minimum atomic E-state index is -3.95. The van der Waals surface area contributed by atoms with Crippen LogP contribution in [0.25, 0.3) is 22.3 Å². The number of H-pyrrole nitrogens is 1. The van der Waals surface area contributed by atoms with Crippen molar-refractivity contribution in [1.82, 2.24) is 19.3 Å². The standard InChI is InChI=1S/C20H18FN5O4S/c1-3-26(2)31(28,29)25-16-6-4-5-13(18(16)21)19(27)15-9-23-20-14(15)7-12(8-22-20)17-10-30-11-24-17/h4-11,25H,3H2,1-2H3,(H,22,23). The van der Waals surface area contributed by atoms with Gasteiger partial charge in [-0.3, -0.25) is 9.52 Å². The van der Waals surface area contributed by atoms with Crippen molar-refractivity contribution < 1.29 is 22.0 Å². The van der Waals surface area contributed by atoms with Gasteiger partial charge in [-0.25, -0.2) is 14.4 Å². The van der Waals surface area contributed by atoms with E-state index in [4.69, 9.17) is 4.42 Å². The number of nitrogens with one attached hydrogen (secondary N) is 2. The van der Waals surface area contributed by atoms with Crippen LogP contribution in [-0.4, -0.2) is 47.1 Å². The molecule has 0 spiro atoms. The number of anilines is 1. The van der Waals surface area contributed by atoms with Crippen LogP contribution in [0.5, 0.6) is 0 Å². The van der Waals surface area contributed by atoms with Gasteiger partial charge in [0.15, 0.2) is 18.0 Å². The van der Waals surface area contributed by atoms with E-state index in [0.29, 0.717) is 22.3 Å². The van der Waals surface area contributed by atoms with Gasteiger partial charge in [0.1, 0.15) is 17.6 Å². The third kappa shape index (κ3) is 3.80. The van der Waals surface area contributed by atoms with Gasteiger partial charge >= 0.3 is 10.2 Å². The number of oxazole rings is 1. The van der Waals surface area contributed by atoms with Crippen molar-refractivity contribution >= 4 is 32.7 Å². The fraction of sp³-hybridized carbons (Fsp3) is 0.150. The average molecular weight is 443 g/mol. The quantitative estimate of drug-likeness (QED) is 0.423. The highest BCUT2D eigenvalue weighted by Crippen LogP contribution is 2.28. The average Bonchev–Trinajstić information content (AvgIpc) is 3.43. The summed E-state index contributed by atoms with van der Waals surface area (Å²) in [6.07, 6.45) is 5.74. The molecule has 0 radical (unpaired) electrons. The molecule has 4 aromatic rings. The molecule has 1 aromatic carbocycles. The summed E-state index contributed by atoms with van der Waals surface area (Å²) in [6.45, 7) is 1.85. The highest BCUT2D eigenvalue weighted by molar-refractivity contribution is 7.90. The molecule has 160 valence electrons. The number of hydrogen-bond donors (Lipinski definition) is 2. The Bertz CT molecular complexity index is 1370. The number of carbonyl (C=O) groups excluding carboxylic acids is 1. The summed E-state index contributed by atoms with van der Waals surface area (Å²) in [6, 6.07) is 5.66. The van der Waals surface area contributed by atoms with Crippen LogP contribution in [0.1, 0.15) is 22.8 Å². The van der Waals surface area contributed by atoms with E-state index >= 15 is 4.39 Å². The smallest absolute Gasteiger partial charge is 0.301 e. The van der Waals surface area contributed by atoms with Crippen LogP contribution in [0.4, 0.5) is 10.1 Å². The number of fused-ring (bicyclic) bond motifs is 1. The Kier molecular flexibility index (Phi) is 5.29. The minimum absolute atomic E-state index is 0.192. The third-order valence-electron chi connectivity index (χ3n) is 4.84. The van der Waals surface area contributed by atoms with E-state index in [-0.39, 0.29) is 23.4 Å². The maximum absolute atomic E-state index is 15.1. The molecule has 0 aliphatic rings. The predicted octanol–water partition coefficient (Wildman–Crippen LogP) is 3.20. The molecule has 0 aliphatic carbocycles. The molecule has 9 nitrogen and oxygen atoms in total. The van der Waals surface area contributed by atoms with Gasteiger partial charge in [-0.05, 0) is 18.2 Å². The molecule has 0 saturated heterocycles. The van der Waals surface area contributed by atoms with Crippen molar-refractivity contribution in [2.75, 3.05) is 18.3 Å². The summed E-state index contributed by atoms with van der Waals surface area (Å²) >= 11 is 0. The minimum Gasteiger partial charge on any atom is -0.451 e. The van der Waals surface area contributed by atoms with Crippen molar-refractivity contribution in [1.29, 1.82) is 0 Å². The molecule has 2 N–H and O–H groups in total. The monoisotopic (exact) mass is 443 g/mol. The maximum Gasteiger partial charge on any atom is 0.301 e. The molecule has 11 heteroatoms. The van der Waals surface area contributed by atoms with Gasteiger partial charge in [-0.15, -0.1) is 0 Å². The number of benzene rings is 1. The Labute approximate surface area is 177 Å². The number of carbonyl (C=O) groups is 1. The zero-order valence-electron chi connectivity index (χ0n) is 16.6. The molecule has 0 saturated carbocycles. The number of aromatic amines is 1. The molecule has 4 rings (SSSR count). The number of ketones is 1.